The molecule has 0 aliphatic heterocycles. The lowest BCUT2D eigenvalue weighted by molar-refractivity contribution is -0.880. The van der Waals surface area contributed by atoms with E-state index >= 15 is 0 Å². The zero-order valence-corrected chi connectivity index (χ0v) is 19.2. The van der Waals surface area contributed by atoms with Crippen LogP contribution in [0, 0.1) is 0 Å². The van der Waals surface area contributed by atoms with Crippen molar-refractivity contribution >= 4 is 9.52 Å². The standard InChI is InChI=1S/C21H46NO2Si/c1-7-11-13-15-16-18-21(23-9-3,24-10-4)25-20-22(5,6)19-17-14-12-8-2/h7-20H2,1-6H3/q+1. The van der Waals surface area contributed by atoms with Gasteiger partial charge < -0.3 is 14.0 Å². The van der Waals surface area contributed by atoms with Crippen LogP contribution in [0.5, 0.6) is 0 Å². The Balaban J connectivity index is 4.52. The number of hydrogen-bond acceptors (Lipinski definition) is 2. The molecule has 0 unspecified atom stereocenters. The Morgan fingerprint density at radius 3 is 1.76 bits per heavy atom. The van der Waals surface area contributed by atoms with E-state index in [4.69, 9.17) is 9.47 Å². The highest BCUT2D eigenvalue weighted by molar-refractivity contribution is 6.38. The second-order valence-electron chi connectivity index (χ2n) is 7.84. The summed E-state index contributed by atoms with van der Waals surface area (Å²) in [7, 11) is 5.44. The summed E-state index contributed by atoms with van der Waals surface area (Å²) in [4.78, 5) is 0. The van der Waals surface area contributed by atoms with Crippen LogP contribution >= 0.6 is 0 Å². The second-order valence-corrected chi connectivity index (χ2v) is 9.27. The Morgan fingerprint density at radius 2 is 1.24 bits per heavy atom. The minimum Gasteiger partial charge on any atom is -0.354 e. The van der Waals surface area contributed by atoms with E-state index in [-0.39, 0.29) is 5.41 Å². The van der Waals surface area contributed by atoms with Gasteiger partial charge in [-0.1, -0.05) is 52.4 Å². The molecule has 4 heteroatoms. The molecule has 0 aliphatic rings. The zero-order chi connectivity index (χ0) is 19.0. The van der Waals surface area contributed by atoms with E-state index in [9.17, 15) is 0 Å². The summed E-state index contributed by atoms with van der Waals surface area (Å²) in [6.07, 6.45) is 14.1. The van der Waals surface area contributed by atoms with Crippen LogP contribution in [0.4, 0.5) is 0 Å². The normalized spacial score (nSPS) is 12.7. The van der Waals surface area contributed by atoms with E-state index in [1.165, 1.54) is 64.3 Å². The van der Waals surface area contributed by atoms with Gasteiger partial charge in [-0.05, 0) is 39.5 Å². The van der Waals surface area contributed by atoms with Crippen molar-refractivity contribution in [3.05, 3.63) is 0 Å². The Kier molecular flexibility index (Phi) is 15.2. The van der Waals surface area contributed by atoms with Gasteiger partial charge in [0, 0.05) is 13.2 Å². The zero-order valence-electron chi connectivity index (χ0n) is 18.2. The summed E-state index contributed by atoms with van der Waals surface area (Å²) < 4.78 is 13.5. The van der Waals surface area contributed by atoms with E-state index in [1.807, 2.05) is 0 Å². The first kappa shape index (κ1) is 25.1. The Labute approximate surface area is 161 Å². The Hall–Kier alpha value is 0.0969. The van der Waals surface area contributed by atoms with Crippen LogP contribution in [0.25, 0.3) is 0 Å². The molecule has 0 bridgehead atoms. The molecule has 0 spiro atoms. The van der Waals surface area contributed by atoms with Crippen molar-refractivity contribution in [1.82, 2.24) is 0 Å². The fourth-order valence-electron chi connectivity index (χ4n) is 3.18. The second kappa shape index (κ2) is 15.2. The molecule has 0 aromatic heterocycles. The van der Waals surface area contributed by atoms with Crippen LogP contribution in [-0.4, -0.2) is 59.4 Å². The Bertz CT molecular complexity index is 292. The van der Waals surface area contributed by atoms with E-state index < -0.39 is 0 Å². The number of hydrogen-bond donors (Lipinski definition) is 0. The van der Waals surface area contributed by atoms with Gasteiger partial charge in [-0.2, -0.15) is 0 Å². The Morgan fingerprint density at radius 1 is 0.720 bits per heavy atom. The summed E-state index contributed by atoms with van der Waals surface area (Å²) in [6.45, 7) is 11.5. The van der Waals surface area contributed by atoms with E-state index in [0.717, 1.165) is 30.3 Å². The molecule has 0 saturated heterocycles. The third-order valence-corrected chi connectivity index (χ3v) is 6.85. The molecule has 3 nitrogen and oxygen atoms in total. The first-order chi connectivity index (χ1) is 11.9. The molecule has 25 heavy (non-hydrogen) atoms. The third kappa shape index (κ3) is 13.0. The largest absolute Gasteiger partial charge is 0.354 e. The van der Waals surface area contributed by atoms with Gasteiger partial charge in [-0.25, -0.2) is 0 Å². The highest BCUT2D eigenvalue weighted by Gasteiger charge is 2.34. The maximum Gasteiger partial charge on any atom is 0.196 e. The van der Waals surface area contributed by atoms with Crippen molar-refractivity contribution < 1.29 is 14.0 Å². The van der Waals surface area contributed by atoms with Gasteiger partial charge in [0.2, 0.25) is 0 Å². The average Bonchev–Trinajstić information content (AvgIpc) is 2.57. The smallest absolute Gasteiger partial charge is 0.196 e. The third-order valence-electron chi connectivity index (χ3n) is 4.76. The molecule has 150 valence electrons. The SMILES string of the molecule is CCCCCCCC(OCC)(OCC)[Si]C[N+](C)(C)CCCCCC. The van der Waals surface area contributed by atoms with Gasteiger partial charge in [0.25, 0.3) is 0 Å². The van der Waals surface area contributed by atoms with E-state index in [2.05, 4.69) is 41.8 Å². The van der Waals surface area contributed by atoms with Gasteiger partial charge >= 0.3 is 0 Å². The van der Waals surface area contributed by atoms with Crippen LogP contribution < -0.4 is 0 Å². The fourth-order valence-corrected chi connectivity index (χ4v) is 4.86. The first-order valence-corrected chi connectivity index (χ1v) is 12.0. The number of quaternary nitrogens is 1. The van der Waals surface area contributed by atoms with Crippen molar-refractivity contribution in [3.63, 3.8) is 0 Å². The van der Waals surface area contributed by atoms with Crippen molar-refractivity contribution in [2.75, 3.05) is 40.0 Å². The van der Waals surface area contributed by atoms with Crippen molar-refractivity contribution in [2.45, 2.75) is 97.3 Å². The van der Waals surface area contributed by atoms with Crippen LogP contribution in [-0.2, 0) is 9.47 Å². The lowest BCUT2D eigenvalue weighted by atomic mass is 10.1. The monoisotopic (exact) mass is 372 g/mol. The fraction of sp³-hybridized carbons (Fsp3) is 1.00. The summed E-state index contributed by atoms with van der Waals surface area (Å²) in [5.41, 5.74) is -0.339. The van der Waals surface area contributed by atoms with Crippen LogP contribution in [0.3, 0.4) is 0 Å². The molecule has 0 aromatic carbocycles. The number of unbranched alkanes of at least 4 members (excludes halogenated alkanes) is 7. The van der Waals surface area contributed by atoms with Crippen LogP contribution in [0.2, 0.25) is 0 Å². The quantitative estimate of drug-likeness (QED) is 0.139. The molecule has 0 heterocycles. The molecule has 0 aliphatic carbocycles. The lowest BCUT2D eigenvalue weighted by Crippen LogP contribution is -2.52. The maximum absolute atomic E-state index is 6.20. The molecule has 0 rings (SSSR count). The predicted molar refractivity (Wildman–Crippen MR) is 111 cm³/mol. The molecule has 0 amide bonds. The summed E-state index contributed by atoms with van der Waals surface area (Å²) >= 11 is 0. The van der Waals surface area contributed by atoms with Crippen LogP contribution in [0.1, 0.15) is 91.9 Å². The summed E-state index contributed by atoms with van der Waals surface area (Å²) in [5, 5.41) is 0. The molecular formula is C21H46NO2Si+. The summed E-state index contributed by atoms with van der Waals surface area (Å²) in [5.74, 6) is 0. The number of nitrogens with zero attached hydrogens (tertiary/aromatic N) is 1. The van der Waals surface area contributed by atoms with Gasteiger partial charge in [0.05, 0.1) is 26.8 Å². The highest BCUT2D eigenvalue weighted by atomic mass is 28.2. The molecule has 2 radical (unpaired) electrons. The molecule has 0 atom stereocenters. The minimum absolute atomic E-state index is 0.339. The highest BCUT2D eigenvalue weighted by Crippen LogP contribution is 2.22. The number of ether oxygens (including phenoxy) is 2. The first-order valence-electron chi connectivity index (χ1n) is 10.8. The number of rotatable bonds is 18. The summed E-state index contributed by atoms with van der Waals surface area (Å²) in [6, 6.07) is 0. The molecular weight excluding hydrogens is 326 g/mol. The molecule has 0 aromatic rings. The van der Waals surface area contributed by atoms with Crippen molar-refractivity contribution in [2.24, 2.45) is 0 Å². The minimum atomic E-state index is -0.339. The predicted octanol–water partition coefficient (Wildman–Crippen LogP) is 5.39. The topological polar surface area (TPSA) is 18.5 Å². The van der Waals surface area contributed by atoms with E-state index in [1.54, 1.807) is 0 Å². The molecule has 0 N–H and O–H groups in total. The van der Waals surface area contributed by atoms with Gasteiger partial charge in [-0.15, -0.1) is 0 Å². The van der Waals surface area contributed by atoms with E-state index in [0.29, 0.717) is 9.52 Å². The van der Waals surface area contributed by atoms with Gasteiger partial charge in [-0.3, -0.25) is 0 Å². The maximum atomic E-state index is 6.20. The van der Waals surface area contributed by atoms with Crippen molar-refractivity contribution in [3.8, 4) is 0 Å². The lowest BCUT2D eigenvalue weighted by Gasteiger charge is -2.37. The van der Waals surface area contributed by atoms with Gasteiger partial charge in [0.1, 0.15) is 0 Å². The molecule has 0 fully saturated rings. The average molecular weight is 373 g/mol. The molecule has 0 saturated carbocycles. The van der Waals surface area contributed by atoms with Crippen LogP contribution in [0.15, 0.2) is 0 Å². The van der Waals surface area contributed by atoms with Crippen molar-refractivity contribution in [1.29, 1.82) is 0 Å². The van der Waals surface area contributed by atoms with Gasteiger partial charge in [0.15, 0.2) is 14.9 Å².